The van der Waals surface area contributed by atoms with E-state index in [0.29, 0.717) is 0 Å². The number of thiophene rings is 1. The Morgan fingerprint density at radius 1 is 0.388 bits per heavy atom. The number of pyridine rings is 1. The second kappa shape index (κ2) is 9.22. The molecule has 0 unspecified atom stereocenters. The van der Waals surface area contributed by atoms with E-state index in [1.807, 2.05) is 11.3 Å². The molecular weight excluding hydrogens is 615 g/mol. The molecule has 4 heterocycles. The van der Waals surface area contributed by atoms with E-state index in [0.717, 1.165) is 16.7 Å². The third-order valence-electron chi connectivity index (χ3n) is 10.6. The van der Waals surface area contributed by atoms with Crippen LogP contribution in [0.4, 0.5) is 0 Å². The van der Waals surface area contributed by atoms with Crippen molar-refractivity contribution in [3.63, 3.8) is 0 Å². The molecule has 0 saturated heterocycles. The quantitative estimate of drug-likeness (QED) is 0.164. The SMILES string of the molecule is c1ccc2c(c1)nc1c3ccccc3c3sc4c(ccc5c6ccccc6n(-c6cccc7c8ccccc8c8ccccc8c67)c54)c3n21. The zero-order valence-corrected chi connectivity index (χ0v) is 27.0. The van der Waals surface area contributed by atoms with Crippen molar-refractivity contribution < 1.29 is 0 Å². The van der Waals surface area contributed by atoms with Crippen molar-refractivity contribution >= 4 is 113 Å². The summed E-state index contributed by atoms with van der Waals surface area (Å²) >= 11 is 1.91. The molecule has 0 saturated carbocycles. The fraction of sp³-hybridized carbons (Fsp3) is 0. The molecule has 3 nitrogen and oxygen atoms in total. The molecule has 0 spiro atoms. The summed E-state index contributed by atoms with van der Waals surface area (Å²) in [6.07, 6.45) is 0. The van der Waals surface area contributed by atoms with Crippen LogP contribution in [0.5, 0.6) is 0 Å². The molecule has 4 aromatic heterocycles. The van der Waals surface area contributed by atoms with E-state index in [2.05, 4.69) is 161 Å². The van der Waals surface area contributed by atoms with Crippen molar-refractivity contribution in [2.24, 2.45) is 0 Å². The molecule has 0 radical (unpaired) electrons. The van der Waals surface area contributed by atoms with Crippen molar-refractivity contribution in [3.8, 4) is 5.69 Å². The Morgan fingerprint density at radius 3 is 1.71 bits per heavy atom. The molecule has 226 valence electrons. The highest BCUT2D eigenvalue weighted by Gasteiger charge is 2.23. The lowest BCUT2D eigenvalue weighted by molar-refractivity contribution is 1.21. The third-order valence-corrected chi connectivity index (χ3v) is 11.9. The first-order valence-corrected chi connectivity index (χ1v) is 17.6. The number of hydrogen-bond acceptors (Lipinski definition) is 2. The first kappa shape index (κ1) is 25.8. The molecule has 0 aliphatic carbocycles. The Balaban J connectivity index is 1.34. The molecule has 0 N–H and O–H groups in total. The van der Waals surface area contributed by atoms with Gasteiger partial charge in [0.25, 0.3) is 0 Å². The van der Waals surface area contributed by atoms with Crippen molar-refractivity contribution in [3.05, 3.63) is 152 Å². The summed E-state index contributed by atoms with van der Waals surface area (Å²) in [4.78, 5) is 5.19. The Bertz CT molecular complexity index is 3350. The van der Waals surface area contributed by atoms with E-state index < -0.39 is 0 Å². The molecule has 12 aromatic rings. The standard InChI is InChI=1S/C45H25N3S/c1-2-13-28-26(12-1)27-14-3-4-16-30(27)40-31(28)19-11-23-39(40)47-37-21-9-7-15-29(37)32-24-25-35-42-43(49-44(35)41(32)47)33-17-5-6-18-34(33)45-46-36-20-8-10-22-38(36)48(42)45/h1-25H. The van der Waals surface area contributed by atoms with Gasteiger partial charge in [0.1, 0.15) is 5.65 Å². The van der Waals surface area contributed by atoms with E-state index in [9.17, 15) is 0 Å². The van der Waals surface area contributed by atoms with Gasteiger partial charge in [0, 0.05) is 32.3 Å². The van der Waals surface area contributed by atoms with Crippen LogP contribution in [-0.4, -0.2) is 14.0 Å². The molecule has 4 heteroatoms. The highest BCUT2D eigenvalue weighted by Crippen LogP contribution is 2.47. The van der Waals surface area contributed by atoms with Crippen LogP contribution in [0.2, 0.25) is 0 Å². The first-order chi connectivity index (χ1) is 24.3. The molecule has 49 heavy (non-hydrogen) atoms. The molecule has 8 aromatic carbocycles. The normalized spacial score (nSPS) is 12.5. The van der Waals surface area contributed by atoms with Gasteiger partial charge in [-0.3, -0.25) is 4.40 Å². The first-order valence-electron chi connectivity index (χ1n) is 16.7. The fourth-order valence-corrected chi connectivity index (χ4v) is 10.0. The van der Waals surface area contributed by atoms with E-state index in [1.165, 1.54) is 90.9 Å². The Morgan fingerprint density at radius 2 is 0.939 bits per heavy atom. The number of fused-ring (bicyclic) bond motifs is 20. The molecule has 0 atom stereocenters. The lowest BCUT2D eigenvalue weighted by Gasteiger charge is -2.16. The van der Waals surface area contributed by atoms with Gasteiger partial charge in [0.2, 0.25) is 0 Å². The molecule has 0 aliphatic rings. The van der Waals surface area contributed by atoms with Crippen molar-refractivity contribution in [2.75, 3.05) is 0 Å². The van der Waals surface area contributed by atoms with Gasteiger partial charge in [-0.05, 0) is 51.2 Å². The third kappa shape index (κ3) is 3.20. The molecule has 12 rings (SSSR count). The summed E-state index contributed by atoms with van der Waals surface area (Å²) < 4.78 is 7.54. The number of imidazole rings is 1. The Labute approximate surface area is 283 Å². The number of hydrogen-bond donors (Lipinski definition) is 0. The number of benzene rings is 8. The van der Waals surface area contributed by atoms with E-state index in [1.54, 1.807) is 0 Å². The van der Waals surface area contributed by atoms with Crippen LogP contribution in [0, 0.1) is 0 Å². The summed E-state index contributed by atoms with van der Waals surface area (Å²) in [5.41, 5.74) is 8.08. The smallest absolute Gasteiger partial charge is 0.146 e. The topological polar surface area (TPSA) is 22.2 Å². The molecule has 0 amide bonds. The second-order valence-corrected chi connectivity index (χ2v) is 14.1. The summed E-state index contributed by atoms with van der Waals surface area (Å²) in [7, 11) is 0. The van der Waals surface area contributed by atoms with Crippen LogP contribution in [0.25, 0.3) is 108 Å². The van der Waals surface area contributed by atoms with Crippen molar-refractivity contribution in [1.82, 2.24) is 14.0 Å². The lowest BCUT2D eigenvalue weighted by Crippen LogP contribution is -1.97. The van der Waals surface area contributed by atoms with Crippen LogP contribution >= 0.6 is 11.3 Å². The van der Waals surface area contributed by atoms with E-state index in [-0.39, 0.29) is 0 Å². The maximum absolute atomic E-state index is 5.19. The van der Waals surface area contributed by atoms with Crippen molar-refractivity contribution in [1.29, 1.82) is 0 Å². The minimum atomic E-state index is 1.01. The highest BCUT2D eigenvalue weighted by molar-refractivity contribution is 7.27. The van der Waals surface area contributed by atoms with Gasteiger partial charge in [-0.2, -0.15) is 0 Å². The number of nitrogens with zero attached hydrogens (tertiary/aromatic N) is 3. The number of aromatic nitrogens is 3. The van der Waals surface area contributed by atoms with Crippen LogP contribution in [-0.2, 0) is 0 Å². The van der Waals surface area contributed by atoms with Gasteiger partial charge >= 0.3 is 0 Å². The minimum absolute atomic E-state index is 1.01. The van der Waals surface area contributed by atoms with Gasteiger partial charge in [-0.25, -0.2) is 4.98 Å². The lowest BCUT2D eigenvalue weighted by atomic mass is 9.93. The Kier molecular flexibility index (Phi) is 4.86. The number of rotatable bonds is 1. The van der Waals surface area contributed by atoms with E-state index in [4.69, 9.17) is 4.98 Å². The summed E-state index contributed by atoms with van der Waals surface area (Å²) in [6, 6.07) is 55.5. The van der Waals surface area contributed by atoms with Gasteiger partial charge in [0.05, 0.1) is 42.7 Å². The summed E-state index contributed by atoms with van der Waals surface area (Å²) in [5.74, 6) is 0. The summed E-state index contributed by atoms with van der Waals surface area (Å²) in [5, 5.41) is 13.9. The monoisotopic (exact) mass is 639 g/mol. The van der Waals surface area contributed by atoms with Gasteiger partial charge in [0.15, 0.2) is 0 Å². The molecular formula is C45H25N3S. The van der Waals surface area contributed by atoms with Gasteiger partial charge < -0.3 is 4.57 Å². The predicted molar refractivity (Wildman–Crippen MR) is 210 cm³/mol. The zero-order valence-electron chi connectivity index (χ0n) is 26.2. The van der Waals surface area contributed by atoms with Crippen LogP contribution in [0.3, 0.4) is 0 Å². The molecule has 0 bridgehead atoms. The maximum Gasteiger partial charge on any atom is 0.146 e. The fourth-order valence-electron chi connectivity index (χ4n) is 8.68. The minimum Gasteiger partial charge on any atom is -0.307 e. The molecule has 0 aliphatic heterocycles. The van der Waals surface area contributed by atoms with Crippen LogP contribution < -0.4 is 0 Å². The average Bonchev–Trinajstić information content (AvgIpc) is 3.85. The maximum atomic E-state index is 5.19. The van der Waals surface area contributed by atoms with Crippen LogP contribution in [0.15, 0.2) is 152 Å². The number of para-hydroxylation sites is 3. The van der Waals surface area contributed by atoms with Gasteiger partial charge in [-0.15, -0.1) is 11.3 Å². The average molecular weight is 640 g/mol. The molecule has 0 fully saturated rings. The second-order valence-electron chi connectivity index (χ2n) is 13.1. The largest absolute Gasteiger partial charge is 0.307 e. The Hall–Kier alpha value is -6.23. The van der Waals surface area contributed by atoms with Crippen LogP contribution in [0.1, 0.15) is 0 Å². The zero-order chi connectivity index (χ0) is 31.8. The predicted octanol–water partition coefficient (Wildman–Crippen LogP) is 12.6. The van der Waals surface area contributed by atoms with Gasteiger partial charge in [-0.1, -0.05) is 127 Å². The highest BCUT2D eigenvalue weighted by atomic mass is 32.1. The van der Waals surface area contributed by atoms with Crippen molar-refractivity contribution in [2.45, 2.75) is 0 Å². The van der Waals surface area contributed by atoms with E-state index >= 15 is 0 Å². The summed E-state index contributed by atoms with van der Waals surface area (Å²) in [6.45, 7) is 0.